The molecule has 2 amide bonds. The molecule has 1 aromatic carbocycles. The average Bonchev–Trinajstić information content (AvgIpc) is 2.78. The van der Waals surface area contributed by atoms with Crippen LogP contribution in [-0.2, 0) is 16.0 Å². The van der Waals surface area contributed by atoms with E-state index in [0.29, 0.717) is 0 Å². The van der Waals surface area contributed by atoms with Crippen LogP contribution in [0, 0.1) is 0 Å². The molecule has 0 saturated heterocycles. The van der Waals surface area contributed by atoms with Gasteiger partial charge in [0.15, 0.2) is 0 Å². The van der Waals surface area contributed by atoms with Crippen LogP contribution in [0.3, 0.4) is 0 Å². The summed E-state index contributed by atoms with van der Waals surface area (Å²) in [5.74, 6) is -0.349. The van der Waals surface area contributed by atoms with Gasteiger partial charge in [0.2, 0.25) is 11.8 Å². The molecule has 3 N–H and O–H groups in total. The molecule has 0 bridgehead atoms. The summed E-state index contributed by atoms with van der Waals surface area (Å²) in [6.45, 7) is 5.70. The zero-order chi connectivity index (χ0) is 15.5. The number of benzene rings is 1. The lowest BCUT2D eigenvalue weighted by Gasteiger charge is -2.20. The number of fused-ring (bicyclic) bond motifs is 1. The van der Waals surface area contributed by atoms with Crippen molar-refractivity contribution in [2.75, 3.05) is 6.54 Å². The van der Waals surface area contributed by atoms with Gasteiger partial charge in [-0.05, 0) is 32.4 Å². The standard InChI is InChI=1S/C16H21N3O2/c1-16(2,3)19-15(21)10-18-14(20)8-11-9-17-13-7-5-4-6-12(11)13/h4-7,9,17H,8,10H2,1-3H3,(H,18,20)(H,19,21). The van der Waals surface area contributed by atoms with Gasteiger partial charge in [0.25, 0.3) is 0 Å². The number of hydrogen-bond donors (Lipinski definition) is 3. The van der Waals surface area contributed by atoms with Crippen LogP contribution in [0.2, 0.25) is 0 Å². The van der Waals surface area contributed by atoms with E-state index in [2.05, 4.69) is 15.6 Å². The van der Waals surface area contributed by atoms with E-state index in [1.54, 1.807) is 0 Å². The topological polar surface area (TPSA) is 74.0 Å². The first-order chi connectivity index (χ1) is 9.85. The minimum atomic E-state index is -0.293. The molecule has 5 heteroatoms. The molecule has 0 atom stereocenters. The van der Waals surface area contributed by atoms with Crippen LogP contribution in [-0.4, -0.2) is 28.9 Å². The third kappa shape index (κ3) is 4.34. The molecule has 0 unspecified atom stereocenters. The minimum absolute atomic E-state index is 0.00153. The van der Waals surface area contributed by atoms with Crippen LogP contribution in [0.25, 0.3) is 10.9 Å². The molecule has 0 radical (unpaired) electrons. The van der Waals surface area contributed by atoms with Crippen LogP contribution < -0.4 is 10.6 Å². The predicted octanol–water partition coefficient (Wildman–Crippen LogP) is 1.74. The quantitative estimate of drug-likeness (QED) is 0.801. The highest BCUT2D eigenvalue weighted by atomic mass is 16.2. The Hall–Kier alpha value is -2.30. The Balaban J connectivity index is 1.89. The number of aromatic amines is 1. The third-order valence-electron chi connectivity index (χ3n) is 2.99. The van der Waals surface area contributed by atoms with Gasteiger partial charge in [-0.3, -0.25) is 9.59 Å². The van der Waals surface area contributed by atoms with Crippen molar-refractivity contribution in [3.63, 3.8) is 0 Å². The number of amides is 2. The smallest absolute Gasteiger partial charge is 0.239 e. The first-order valence-electron chi connectivity index (χ1n) is 6.98. The van der Waals surface area contributed by atoms with Crippen molar-refractivity contribution in [2.24, 2.45) is 0 Å². The summed E-state index contributed by atoms with van der Waals surface area (Å²) in [6, 6.07) is 7.82. The van der Waals surface area contributed by atoms with Crippen LogP contribution in [0.15, 0.2) is 30.5 Å². The third-order valence-corrected chi connectivity index (χ3v) is 2.99. The van der Waals surface area contributed by atoms with Gasteiger partial charge in [-0.15, -0.1) is 0 Å². The lowest BCUT2D eigenvalue weighted by Crippen LogP contribution is -2.46. The molecule has 1 heterocycles. The van der Waals surface area contributed by atoms with Crippen LogP contribution >= 0.6 is 0 Å². The van der Waals surface area contributed by atoms with Crippen molar-refractivity contribution in [3.8, 4) is 0 Å². The second-order valence-corrected chi connectivity index (χ2v) is 6.11. The second-order valence-electron chi connectivity index (χ2n) is 6.11. The van der Waals surface area contributed by atoms with E-state index >= 15 is 0 Å². The molecule has 5 nitrogen and oxygen atoms in total. The van der Waals surface area contributed by atoms with Gasteiger partial charge in [-0.25, -0.2) is 0 Å². The van der Waals surface area contributed by atoms with Crippen molar-refractivity contribution in [2.45, 2.75) is 32.7 Å². The molecule has 1 aromatic heterocycles. The van der Waals surface area contributed by atoms with E-state index in [1.807, 2.05) is 51.2 Å². The summed E-state index contributed by atoms with van der Waals surface area (Å²) >= 11 is 0. The Bertz CT molecular complexity index is 653. The van der Waals surface area contributed by atoms with Crippen LogP contribution in [0.1, 0.15) is 26.3 Å². The van der Waals surface area contributed by atoms with Gasteiger partial charge in [0.1, 0.15) is 0 Å². The normalized spacial score (nSPS) is 11.4. The van der Waals surface area contributed by atoms with Crippen molar-refractivity contribution in [3.05, 3.63) is 36.0 Å². The molecule has 0 aliphatic heterocycles. The van der Waals surface area contributed by atoms with E-state index in [9.17, 15) is 9.59 Å². The molecule has 0 spiro atoms. The molecule has 21 heavy (non-hydrogen) atoms. The Kier molecular flexibility index (Phi) is 4.31. The Morgan fingerprint density at radius 3 is 2.57 bits per heavy atom. The highest BCUT2D eigenvalue weighted by molar-refractivity contribution is 5.90. The number of hydrogen-bond acceptors (Lipinski definition) is 2. The van der Waals surface area contributed by atoms with Crippen molar-refractivity contribution in [1.82, 2.24) is 15.6 Å². The molecule has 2 aromatic rings. The van der Waals surface area contributed by atoms with E-state index in [1.165, 1.54) is 0 Å². The summed E-state index contributed by atoms with van der Waals surface area (Å²) in [6.07, 6.45) is 2.09. The van der Waals surface area contributed by atoms with Gasteiger partial charge in [0.05, 0.1) is 13.0 Å². The number of carbonyl (C=O) groups is 2. The number of H-pyrrole nitrogens is 1. The van der Waals surface area contributed by atoms with Crippen molar-refractivity contribution < 1.29 is 9.59 Å². The first kappa shape index (κ1) is 15.1. The summed E-state index contributed by atoms with van der Waals surface area (Å²) in [4.78, 5) is 26.7. The lowest BCUT2D eigenvalue weighted by molar-refractivity contribution is -0.126. The number of nitrogens with one attached hydrogen (secondary N) is 3. The number of carbonyl (C=O) groups excluding carboxylic acids is 2. The van der Waals surface area contributed by atoms with E-state index in [0.717, 1.165) is 16.5 Å². The second kappa shape index (κ2) is 5.99. The average molecular weight is 287 g/mol. The number of aromatic nitrogens is 1. The summed E-state index contributed by atoms with van der Waals surface area (Å²) < 4.78 is 0. The number of para-hydroxylation sites is 1. The van der Waals surface area contributed by atoms with E-state index < -0.39 is 0 Å². The Morgan fingerprint density at radius 2 is 1.86 bits per heavy atom. The van der Waals surface area contributed by atoms with E-state index in [-0.39, 0.29) is 30.3 Å². The van der Waals surface area contributed by atoms with Crippen molar-refractivity contribution in [1.29, 1.82) is 0 Å². The summed E-state index contributed by atoms with van der Waals surface area (Å²) in [5, 5.41) is 6.48. The van der Waals surface area contributed by atoms with Gasteiger partial charge in [-0.1, -0.05) is 18.2 Å². The highest BCUT2D eigenvalue weighted by Gasteiger charge is 2.14. The predicted molar refractivity (Wildman–Crippen MR) is 82.9 cm³/mol. The Morgan fingerprint density at radius 1 is 1.14 bits per heavy atom. The fraction of sp³-hybridized carbons (Fsp3) is 0.375. The van der Waals surface area contributed by atoms with Gasteiger partial charge >= 0.3 is 0 Å². The summed E-state index contributed by atoms with van der Waals surface area (Å²) in [5.41, 5.74) is 1.64. The van der Waals surface area contributed by atoms with Gasteiger partial charge in [-0.2, -0.15) is 0 Å². The van der Waals surface area contributed by atoms with E-state index in [4.69, 9.17) is 0 Å². The van der Waals surface area contributed by atoms with Gasteiger partial charge < -0.3 is 15.6 Å². The maximum atomic E-state index is 11.9. The highest BCUT2D eigenvalue weighted by Crippen LogP contribution is 2.17. The molecular weight excluding hydrogens is 266 g/mol. The van der Waals surface area contributed by atoms with Gasteiger partial charge in [0, 0.05) is 22.6 Å². The molecule has 0 aliphatic carbocycles. The Labute approximate surface area is 124 Å². The van der Waals surface area contributed by atoms with Crippen molar-refractivity contribution >= 4 is 22.7 Å². The SMILES string of the molecule is CC(C)(C)NC(=O)CNC(=O)Cc1c[nH]c2ccccc12. The fourth-order valence-corrected chi connectivity index (χ4v) is 2.15. The molecule has 0 fully saturated rings. The lowest BCUT2D eigenvalue weighted by atomic mass is 10.1. The molecular formula is C16H21N3O2. The molecule has 2 rings (SSSR count). The maximum Gasteiger partial charge on any atom is 0.239 e. The number of rotatable bonds is 4. The fourth-order valence-electron chi connectivity index (χ4n) is 2.15. The summed E-state index contributed by atoms with van der Waals surface area (Å²) in [7, 11) is 0. The zero-order valence-corrected chi connectivity index (χ0v) is 12.6. The molecule has 0 aliphatic rings. The first-order valence-corrected chi connectivity index (χ1v) is 6.98. The maximum absolute atomic E-state index is 11.9. The zero-order valence-electron chi connectivity index (χ0n) is 12.6. The monoisotopic (exact) mass is 287 g/mol. The molecule has 112 valence electrons. The van der Waals surface area contributed by atoms with Crippen LogP contribution in [0.5, 0.6) is 0 Å². The molecule has 0 saturated carbocycles. The minimum Gasteiger partial charge on any atom is -0.361 e. The van der Waals surface area contributed by atoms with Crippen LogP contribution in [0.4, 0.5) is 0 Å². The largest absolute Gasteiger partial charge is 0.361 e.